The summed E-state index contributed by atoms with van der Waals surface area (Å²) in [5.41, 5.74) is 2.74. The summed E-state index contributed by atoms with van der Waals surface area (Å²) in [7, 11) is 1.80. The molecular weight excluding hydrogens is 559 g/mol. The summed E-state index contributed by atoms with van der Waals surface area (Å²) in [6.07, 6.45) is 2.67. The van der Waals surface area contributed by atoms with Crippen molar-refractivity contribution in [2.24, 2.45) is 18.0 Å². The molecule has 1 N–H and O–H groups in total. The number of amides is 2. The molecule has 0 saturated carbocycles. The molecular formula is C27H31N3O6S3. The third-order valence-electron chi connectivity index (χ3n) is 6.24. The molecule has 0 fully saturated rings. The van der Waals surface area contributed by atoms with Crippen LogP contribution in [0.15, 0.2) is 23.2 Å². The first-order chi connectivity index (χ1) is 18.7. The van der Waals surface area contributed by atoms with Crippen molar-refractivity contribution in [3.05, 3.63) is 44.6 Å². The zero-order valence-electron chi connectivity index (χ0n) is 22.3. The van der Waals surface area contributed by atoms with Gasteiger partial charge in [0.05, 0.1) is 46.1 Å². The first-order valence-electron chi connectivity index (χ1n) is 12.7. The summed E-state index contributed by atoms with van der Waals surface area (Å²) >= 11 is 3.90. The molecule has 2 heterocycles. The molecule has 4 rings (SSSR count). The van der Waals surface area contributed by atoms with E-state index in [1.54, 1.807) is 43.7 Å². The number of anilines is 1. The highest BCUT2D eigenvalue weighted by Gasteiger charge is 2.29. The molecule has 0 saturated heterocycles. The second kappa shape index (κ2) is 12.9. The number of carbonyl (C=O) groups excluding carboxylic acids is 4. The maximum absolute atomic E-state index is 12.7. The summed E-state index contributed by atoms with van der Waals surface area (Å²) in [5, 5.41) is 3.39. The standard InChI is InChI=1S/C27H31N3O6S3/c1-5-35-25(33)16-8-10-18-20(12-16)39-27(30(18)4)29-22(32)14-37-13-21(31)28-24-23(26(34)36-6-2)17-9-7-15(3)11-19(17)38-24/h8,10,12,15H,5-7,9,11,13-14H2,1-4H3,(H,28,31). The van der Waals surface area contributed by atoms with Crippen molar-refractivity contribution in [3.63, 3.8) is 0 Å². The van der Waals surface area contributed by atoms with Gasteiger partial charge in [0.2, 0.25) is 5.91 Å². The summed E-state index contributed by atoms with van der Waals surface area (Å²) in [6.45, 7) is 6.25. The van der Waals surface area contributed by atoms with E-state index in [9.17, 15) is 19.2 Å². The SMILES string of the molecule is CCOC(=O)c1ccc2c(c1)sc(=NC(=O)CSCC(=O)Nc1sc3c(c1C(=O)OCC)CCC(C)C3)n2C. The van der Waals surface area contributed by atoms with Crippen molar-refractivity contribution in [1.82, 2.24) is 4.57 Å². The minimum atomic E-state index is -0.410. The average Bonchev–Trinajstić information content (AvgIpc) is 3.39. The number of nitrogens with zero attached hydrogens (tertiary/aromatic N) is 2. The topological polar surface area (TPSA) is 116 Å². The molecule has 3 aromatic rings. The van der Waals surface area contributed by atoms with Gasteiger partial charge in [0.15, 0.2) is 4.80 Å². The van der Waals surface area contributed by atoms with Crippen LogP contribution in [-0.2, 0) is 39.0 Å². The van der Waals surface area contributed by atoms with Gasteiger partial charge in [-0.05, 0) is 62.8 Å². The summed E-state index contributed by atoms with van der Waals surface area (Å²) in [5.74, 6) is -0.860. The van der Waals surface area contributed by atoms with Crippen LogP contribution in [-0.4, -0.2) is 53.0 Å². The van der Waals surface area contributed by atoms with Crippen molar-refractivity contribution < 1.29 is 28.7 Å². The summed E-state index contributed by atoms with van der Waals surface area (Å²) in [6, 6.07) is 5.22. The maximum Gasteiger partial charge on any atom is 0.341 e. The maximum atomic E-state index is 12.7. The van der Waals surface area contributed by atoms with Crippen LogP contribution in [0.2, 0.25) is 0 Å². The predicted molar refractivity (Wildman–Crippen MR) is 155 cm³/mol. The molecule has 0 radical (unpaired) electrons. The van der Waals surface area contributed by atoms with E-state index >= 15 is 0 Å². The highest BCUT2D eigenvalue weighted by atomic mass is 32.2. The van der Waals surface area contributed by atoms with Crippen molar-refractivity contribution in [2.75, 3.05) is 30.0 Å². The molecule has 208 valence electrons. The Labute approximate surface area is 238 Å². The number of aryl methyl sites for hydroxylation is 1. The monoisotopic (exact) mass is 589 g/mol. The molecule has 1 aliphatic rings. The van der Waals surface area contributed by atoms with E-state index in [2.05, 4.69) is 17.2 Å². The Morgan fingerprint density at radius 3 is 2.59 bits per heavy atom. The van der Waals surface area contributed by atoms with Gasteiger partial charge in [0, 0.05) is 11.9 Å². The van der Waals surface area contributed by atoms with Crippen LogP contribution in [0.1, 0.15) is 58.3 Å². The Morgan fingerprint density at radius 2 is 1.85 bits per heavy atom. The van der Waals surface area contributed by atoms with E-state index in [1.165, 1.54) is 22.7 Å². The van der Waals surface area contributed by atoms with Crippen LogP contribution in [0.3, 0.4) is 0 Å². The van der Waals surface area contributed by atoms with E-state index in [0.29, 0.717) is 33.5 Å². The molecule has 1 aromatic carbocycles. The van der Waals surface area contributed by atoms with Crippen molar-refractivity contribution in [3.8, 4) is 0 Å². The van der Waals surface area contributed by atoms with Gasteiger partial charge in [-0.15, -0.1) is 23.1 Å². The smallest absolute Gasteiger partial charge is 0.341 e. The molecule has 2 amide bonds. The largest absolute Gasteiger partial charge is 0.462 e. The van der Waals surface area contributed by atoms with E-state index in [4.69, 9.17) is 9.47 Å². The number of thioether (sulfide) groups is 1. The minimum Gasteiger partial charge on any atom is -0.462 e. The van der Waals surface area contributed by atoms with Crippen molar-refractivity contribution >= 4 is 73.4 Å². The fourth-order valence-electron chi connectivity index (χ4n) is 4.37. The number of carbonyl (C=O) groups is 4. The lowest BCUT2D eigenvalue weighted by atomic mass is 9.88. The Balaban J connectivity index is 1.39. The molecule has 12 heteroatoms. The number of esters is 2. The van der Waals surface area contributed by atoms with Crippen LogP contribution in [0.4, 0.5) is 5.00 Å². The number of hydrogen-bond acceptors (Lipinski definition) is 9. The van der Waals surface area contributed by atoms with Gasteiger partial charge in [0.25, 0.3) is 5.91 Å². The van der Waals surface area contributed by atoms with Crippen LogP contribution >= 0.6 is 34.4 Å². The molecule has 1 atom stereocenters. The number of nitrogens with one attached hydrogen (secondary N) is 1. The van der Waals surface area contributed by atoms with Crippen molar-refractivity contribution in [1.29, 1.82) is 0 Å². The lowest BCUT2D eigenvalue weighted by Crippen LogP contribution is -2.18. The van der Waals surface area contributed by atoms with Crippen LogP contribution < -0.4 is 10.1 Å². The second-order valence-electron chi connectivity index (χ2n) is 9.17. The van der Waals surface area contributed by atoms with Gasteiger partial charge in [-0.25, -0.2) is 9.59 Å². The summed E-state index contributed by atoms with van der Waals surface area (Å²) in [4.78, 5) is 55.8. The molecule has 0 aliphatic heterocycles. The van der Waals surface area contributed by atoms with Gasteiger partial charge in [-0.3, -0.25) is 9.59 Å². The second-order valence-corrected chi connectivity index (χ2v) is 12.3. The van der Waals surface area contributed by atoms with Gasteiger partial charge in [0.1, 0.15) is 5.00 Å². The number of thiophene rings is 1. The molecule has 0 spiro atoms. The zero-order valence-corrected chi connectivity index (χ0v) is 24.8. The molecule has 39 heavy (non-hydrogen) atoms. The fourth-order valence-corrected chi connectivity index (χ4v) is 7.46. The normalized spacial score (nSPS) is 15.2. The average molecular weight is 590 g/mol. The Kier molecular flexibility index (Phi) is 9.62. The first kappa shape index (κ1) is 29.0. The Hall–Kier alpha value is -2.96. The number of fused-ring (bicyclic) bond motifs is 2. The number of ether oxygens (including phenoxy) is 2. The number of benzene rings is 1. The lowest BCUT2D eigenvalue weighted by Gasteiger charge is -2.18. The highest BCUT2D eigenvalue weighted by Crippen LogP contribution is 2.40. The first-order valence-corrected chi connectivity index (χ1v) is 15.5. The third-order valence-corrected chi connectivity index (χ3v) is 9.43. The third kappa shape index (κ3) is 6.79. The summed E-state index contributed by atoms with van der Waals surface area (Å²) < 4.78 is 12.9. The van der Waals surface area contributed by atoms with Gasteiger partial charge < -0.3 is 19.4 Å². The minimum absolute atomic E-state index is 0.0267. The number of rotatable bonds is 9. The van der Waals surface area contributed by atoms with E-state index < -0.39 is 11.9 Å². The molecule has 9 nitrogen and oxygen atoms in total. The molecule has 0 bridgehead atoms. The van der Waals surface area contributed by atoms with Gasteiger partial charge in [-0.2, -0.15) is 4.99 Å². The molecule has 2 aromatic heterocycles. The predicted octanol–water partition coefficient (Wildman–Crippen LogP) is 4.58. The molecule has 1 unspecified atom stereocenters. The van der Waals surface area contributed by atoms with E-state index in [0.717, 1.165) is 51.7 Å². The number of hydrogen-bond donors (Lipinski definition) is 1. The number of thiazole rings is 1. The van der Waals surface area contributed by atoms with E-state index in [1.807, 2.05) is 0 Å². The molecule has 1 aliphatic carbocycles. The van der Waals surface area contributed by atoms with Gasteiger partial charge in [-0.1, -0.05) is 18.3 Å². The van der Waals surface area contributed by atoms with Crippen LogP contribution in [0.25, 0.3) is 10.2 Å². The lowest BCUT2D eigenvalue weighted by molar-refractivity contribution is -0.115. The van der Waals surface area contributed by atoms with Crippen LogP contribution in [0.5, 0.6) is 0 Å². The Bertz CT molecular complexity index is 1490. The van der Waals surface area contributed by atoms with Crippen molar-refractivity contribution in [2.45, 2.75) is 40.0 Å². The number of aromatic nitrogens is 1. The Morgan fingerprint density at radius 1 is 1.10 bits per heavy atom. The quantitative estimate of drug-likeness (QED) is 0.363. The van der Waals surface area contributed by atoms with E-state index in [-0.39, 0.29) is 29.9 Å². The highest BCUT2D eigenvalue weighted by molar-refractivity contribution is 8.00. The van der Waals surface area contributed by atoms with Crippen LogP contribution in [0, 0.1) is 5.92 Å². The zero-order chi connectivity index (χ0) is 28.1. The van der Waals surface area contributed by atoms with Gasteiger partial charge >= 0.3 is 11.9 Å². The fraction of sp³-hybridized carbons (Fsp3) is 0.444.